The second-order valence-electron chi connectivity index (χ2n) is 5.65. The molecule has 0 bridgehead atoms. The van der Waals surface area contributed by atoms with E-state index >= 15 is 0 Å². The third kappa shape index (κ3) is 5.87. The Bertz CT molecular complexity index is 785. The summed E-state index contributed by atoms with van der Waals surface area (Å²) in [6.45, 7) is 1.45. The highest BCUT2D eigenvalue weighted by atomic mass is 35.5. The minimum absolute atomic E-state index is 0.00858. The van der Waals surface area contributed by atoms with Crippen molar-refractivity contribution in [1.82, 2.24) is 10.3 Å². The molecule has 1 amide bonds. The minimum Gasteiger partial charge on any atom is -0.451 e. The van der Waals surface area contributed by atoms with Crippen LogP contribution in [0, 0.1) is 0 Å². The van der Waals surface area contributed by atoms with Crippen molar-refractivity contribution in [3.05, 3.63) is 62.9 Å². The van der Waals surface area contributed by atoms with Gasteiger partial charge in [-0.25, -0.2) is 9.78 Å². The molecule has 1 atom stereocenters. The summed E-state index contributed by atoms with van der Waals surface area (Å²) < 4.78 is 4.93. The van der Waals surface area contributed by atoms with E-state index in [2.05, 4.69) is 10.3 Å². The van der Waals surface area contributed by atoms with Gasteiger partial charge in [0.25, 0.3) is 5.91 Å². The summed E-state index contributed by atoms with van der Waals surface area (Å²) in [6.07, 6.45) is 2.80. The molecule has 138 valence electrons. The molecule has 1 heterocycles. The van der Waals surface area contributed by atoms with Gasteiger partial charge in [0.2, 0.25) is 0 Å². The first kappa shape index (κ1) is 20.5. The number of pyridine rings is 1. The summed E-state index contributed by atoms with van der Waals surface area (Å²) in [6, 6.07) is 9.90. The van der Waals surface area contributed by atoms with Gasteiger partial charge in [-0.3, -0.25) is 4.79 Å². The molecule has 1 N–H and O–H groups in total. The van der Waals surface area contributed by atoms with Gasteiger partial charge in [-0.05, 0) is 25.3 Å². The van der Waals surface area contributed by atoms with E-state index in [4.69, 9.17) is 39.5 Å². The van der Waals surface area contributed by atoms with Crippen LogP contribution in [0.4, 0.5) is 0 Å². The molecule has 5 nitrogen and oxygen atoms in total. The van der Waals surface area contributed by atoms with Gasteiger partial charge in [-0.1, -0.05) is 65.1 Å². The summed E-state index contributed by atoms with van der Waals surface area (Å²) in [5.74, 6) is -1.25. The van der Waals surface area contributed by atoms with E-state index in [0.717, 1.165) is 12.8 Å². The number of carbonyl (C=O) groups excluding carboxylic acids is 2. The number of aromatic nitrogens is 1. The van der Waals surface area contributed by atoms with Crippen molar-refractivity contribution >= 4 is 46.7 Å². The topological polar surface area (TPSA) is 68.3 Å². The zero-order valence-electron chi connectivity index (χ0n) is 14.0. The molecule has 8 heteroatoms. The maximum absolute atomic E-state index is 12.0. The van der Waals surface area contributed by atoms with Crippen LogP contribution < -0.4 is 5.32 Å². The molecule has 0 unspecified atom stereocenters. The number of hydrogen-bond donors (Lipinski definition) is 1. The molecule has 0 aliphatic heterocycles. The van der Waals surface area contributed by atoms with Crippen LogP contribution in [-0.4, -0.2) is 29.5 Å². The highest BCUT2D eigenvalue weighted by Crippen LogP contribution is 2.31. The first-order chi connectivity index (χ1) is 12.4. The Morgan fingerprint density at radius 2 is 1.85 bits per heavy atom. The van der Waals surface area contributed by atoms with E-state index in [1.807, 2.05) is 37.3 Å². The Hall–Kier alpha value is -1.82. The molecule has 1 aromatic heterocycles. The number of hydrogen-bond acceptors (Lipinski definition) is 4. The van der Waals surface area contributed by atoms with E-state index in [0.29, 0.717) is 0 Å². The molecular weight excluding hydrogens is 399 g/mol. The molecule has 2 rings (SSSR count). The minimum atomic E-state index is -0.847. The third-order valence-corrected chi connectivity index (χ3v) is 4.80. The predicted molar refractivity (Wildman–Crippen MR) is 102 cm³/mol. The number of amides is 1. The molecule has 1 aromatic carbocycles. The summed E-state index contributed by atoms with van der Waals surface area (Å²) in [5, 5.41) is 2.80. The molecule has 0 saturated carbocycles. The van der Waals surface area contributed by atoms with Crippen LogP contribution in [0.5, 0.6) is 0 Å². The monoisotopic (exact) mass is 414 g/mol. The van der Waals surface area contributed by atoms with Gasteiger partial charge < -0.3 is 10.1 Å². The van der Waals surface area contributed by atoms with Crippen LogP contribution in [-0.2, 0) is 16.0 Å². The Balaban J connectivity index is 1.79. The molecule has 0 aliphatic rings. The number of carbonyl (C=O) groups is 2. The second kappa shape index (κ2) is 9.76. The Morgan fingerprint density at radius 1 is 1.15 bits per heavy atom. The van der Waals surface area contributed by atoms with Crippen LogP contribution in [0.25, 0.3) is 0 Å². The number of ether oxygens (including phenoxy) is 1. The van der Waals surface area contributed by atoms with Gasteiger partial charge >= 0.3 is 5.97 Å². The SMILES string of the molecule is C[C@@H](CCc1ccccc1)NC(=O)COC(=O)c1ncc(Cl)c(Cl)c1Cl. The smallest absolute Gasteiger partial charge is 0.359 e. The summed E-state index contributed by atoms with van der Waals surface area (Å²) in [7, 11) is 0. The van der Waals surface area contributed by atoms with Gasteiger partial charge in [0.15, 0.2) is 12.3 Å². The first-order valence-electron chi connectivity index (χ1n) is 7.88. The number of esters is 1. The first-order valence-corrected chi connectivity index (χ1v) is 9.01. The zero-order valence-corrected chi connectivity index (χ0v) is 16.2. The van der Waals surface area contributed by atoms with E-state index < -0.39 is 18.5 Å². The fourth-order valence-corrected chi connectivity index (χ4v) is 2.76. The molecule has 0 saturated heterocycles. The maximum atomic E-state index is 12.0. The van der Waals surface area contributed by atoms with Crippen LogP contribution in [0.3, 0.4) is 0 Å². The molecule has 0 aliphatic carbocycles. The summed E-state index contributed by atoms with van der Waals surface area (Å²) in [4.78, 5) is 27.7. The average Bonchev–Trinajstić information content (AvgIpc) is 2.63. The number of nitrogens with zero attached hydrogens (tertiary/aromatic N) is 1. The molecule has 0 radical (unpaired) electrons. The fourth-order valence-electron chi connectivity index (χ4n) is 2.20. The van der Waals surface area contributed by atoms with Crippen LogP contribution >= 0.6 is 34.8 Å². The highest BCUT2D eigenvalue weighted by molar-refractivity contribution is 6.48. The second-order valence-corrected chi connectivity index (χ2v) is 6.81. The molecule has 0 fully saturated rings. The quantitative estimate of drug-likeness (QED) is 0.683. The Kier molecular flexibility index (Phi) is 7.69. The number of nitrogens with one attached hydrogen (secondary N) is 1. The Labute approximate surface area is 166 Å². The number of benzene rings is 1. The lowest BCUT2D eigenvalue weighted by atomic mass is 10.1. The van der Waals surface area contributed by atoms with Crippen molar-refractivity contribution in [2.45, 2.75) is 25.8 Å². The predicted octanol–water partition coefficient (Wildman–Crippen LogP) is 4.34. The summed E-state index contributed by atoms with van der Waals surface area (Å²) >= 11 is 17.5. The highest BCUT2D eigenvalue weighted by Gasteiger charge is 2.19. The normalized spacial score (nSPS) is 11.7. The van der Waals surface area contributed by atoms with Crippen molar-refractivity contribution in [2.24, 2.45) is 0 Å². The lowest BCUT2D eigenvalue weighted by molar-refractivity contribution is -0.124. The molecular formula is C18H17Cl3N2O3. The standard InChI is InChI=1S/C18H17Cl3N2O3/c1-11(7-8-12-5-3-2-4-6-12)23-14(24)10-26-18(25)17-16(21)15(20)13(19)9-22-17/h2-6,9,11H,7-8,10H2,1H3,(H,23,24)/t11-/m0/s1. The third-order valence-electron chi connectivity index (χ3n) is 3.56. The van der Waals surface area contributed by atoms with Crippen molar-refractivity contribution in [2.75, 3.05) is 6.61 Å². The van der Waals surface area contributed by atoms with Gasteiger partial charge in [0.1, 0.15) is 0 Å². The number of halogens is 3. The lowest BCUT2D eigenvalue weighted by Crippen LogP contribution is -2.36. The van der Waals surface area contributed by atoms with Crippen LogP contribution in [0.1, 0.15) is 29.4 Å². The van der Waals surface area contributed by atoms with E-state index in [-0.39, 0.29) is 26.8 Å². The van der Waals surface area contributed by atoms with Crippen LogP contribution in [0.15, 0.2) is 36.5 Å². The largest absolute Gasteiger partial charge is 0.451 e. The van der Waals surface area contributed by atoms with Gasteiger partial charge in [0.05, 0.1) is 15.1 Å². The van der Waals surface area contributed by atoms with Crippen molar-refractivity contribution < 1.29 is 14.3 Å². The van der Waals surface area contributed by atoms with Crippen molar-refractivity contribution in [3.8, 4) is 0 Å². The average molecular weight is 416 g/mol. The van der Waals surface area contributed by atoms with E-state index in [9.17, 15) is 9.59 Å². The van der Waals surface area contributed by atoms with Gasteiger partial charge in [0, 0.05) is 12.2 Å². The van der Waals surface area contributed by atoms with E-state index in [1.165, 1.54) is 11.8 Å². The van der Waals surface area contributed by atoms with E-state index in [1.54, 1.807) is 0 Å². The van der Waals surface area contributed by atoms with Crippen molar-refractivity contribution in [3.63, 3.8) is 0 Å². The lowest BCUT2D eigenvalue weighted by Gasteiger charge is -2.14. The number of aryl methyl sites for hydroxylation is 1. The van der Waals surface area contributed by atoms with Gasteiger partial charge in [-0.15, -0.1) is 0 Å². The van der Waals surface area contributed by atoms with Crippen molar-refractivity contribution in [1.29, 1.82) is 0 Å². The number of rotatable bonds is 7. The summed E-state index contributed by atoms with van der Waals surface area (Å²) in [5.41, 5.74) is 1.01. The van der Waals surface area contributed by atoms with Crippen LogP contribution in [0.2, 0.25) is 15.1 Å². The van der Waals surface area contributed by atoms with Gasteiger partial charge in [-0.2, -0.15) is 0 Å². The fraction of sp³-hybridized carbons (Fsp3) is 0.278. The maximum Gasteiger partial charge on any atom is 0.359 e. The zero-order chi connectivity index (χ0) is 19.1. The molecule has 0 spiro atoms. The molecule has 2 aromatic rings. The molecule has 26 heavy (non-hydrogen) atoms. The Morgan fingerprint density at radius 3 is 2.54 bits per heavy atom.